The fourth-order valence-corrected chi connectivity index (χ4v) is 4.24. The molecule has 2 unspecified atom stereocenters. The van der Waals surface area contributed by atoms with Crippen LogP contribution >= 0.6 is 18.5 Å². The zero-order chi connectivity index (χ0) is 25.1. The number of hydrogen-bond acceptors (Lipinski definition) is 6. The van der Waals surface area contributed by atoms with Gasteiger partial charge in [0.2, 0.25) is 0 Å². The molecule has 4 aromatic rings. The highest BCUT2D eigenvalue weighted by Gasteiger charge is 2.14. The van der Waals surface area contributed by atoms with Crippen LogP contribution < -0.4 is 36.2 Å². The van der Waals surface area contributed by atoms with Crippen molar-refractivity contribution in [3.63, 3.8) is 0 Å². The van der Waals surface area contributed by atoms with Gasteiger partial charge in [0.25, 0.3) is 0 Å². The third-order valence-electron chi connectivity index (χ3n) is 5.70. The van der Waals surface area contributed by atoms with Gasteiger partial charge >= 0.3 is 6.03 Å². The maximum atomic E-state index is 13.8. The van der Waals surface area contributed by atoms with Crippen LogP contribution in [0.1, 0.15) is 0 Å². The first-order valence-corrected chi connectivity index (χ1v) is 12.5. The van der Waals surface area contributed by atoms with Crippen molar-refractivity contribution >= 4 is 63.3 Å². The number of piperazine rings is 1. The average Bonchev–Trinajstić information content (AvgIpc) is 2.88. The first kappa shape index (κ1) is 24.3. The smallest absolute Gasteiger partial charge is 0.323 e. The Morgan fingerprint density at radius 2 is 1.67 bits per heavy atom. The predicted molar refractivity (Wildman–Crippen MR) is 149 cm³/mol. The molecule has 3 aromatic carbocycles. The summed E-state index contributed by atoms with van der Waals surface area (Å²) < 4.78 is 19.9. The highest BCUT2D eigenvalue weighted by atomic mass is 31.0. The molecule has 0 radical (unpaired) electrons. The van der Waals surface area contributed by atoms with Crippen molar-refractivity contribution in [2.45, 2.75) is 0 Å². The molecule has 36 heavy (non-hydrogen) atoms. The minimum Gasteiger partial charge on any atom is -0.457 e. The van der Waals surface area contributed by atoms with Crippen molar-refractivity contribution in [2.75, 3.05) is 41.7 Å². The number of carbonyl (C=O) groups is 1. The number of halogens is 1. The Morgan fingerprint density at radius 3 is 2.42 bits per heavy atom. The zero-order valence-electron chi connectivity index (χ0n) is 19.3. The molecule has 1 fully saturated rings. The minimum atomic E-state index is -0.491. The summed E-state index contributed by atoms with van der Waals surface area (Å²) in [5.74, 6) is 1.59. The maximum absolute atomic E-state index is 13.8. The molecule has 3 N–H and O–H groups in total. The summed E-state index contributed by atoms with van der Waals surface area (Å²) in [4.78, 5) is 24.0. The lowest BCUT2D eigenvalue weighted by atomic mass is 10.2. The summed E-state index contributed by atoms with van der Waals surface area (Å²) in [6, 6.07) is 14.8. The van der Waals surface area contributed by atoms with Gasteiger partial charge in [-0.2, -0.15) is 0 Å². The number of benzene rings is 3. The topological polar surface area (TPSA) is 91.4 Å². The van der Waals surface area contributed by atoms with Crippen molar-refractivity contribution in [3.8, 4) is 11.5 Å². The van der Waals surface area contributed by atoms with Gasteiger partial charge in [-0.25, -0.2) is 14.2 Å². The molecule has 1 aliphatic rings. The number of aromatic nitrogens is 2. The molecule has 2 atom stereocenters. The Kier molecular flexibility index (Phi) is 7.23. The van der Waals surface area contributed by atoms with Gasteiger partial charge < -0.3 is 25.6 Å². The summed E-state index contributed by atoms with van der Waals surface area (Å²) in [7, 11) is 4.93. The second-order valence-electron chi connectivity index (χ2n) is 8.29. The molecule has 0 saturated carbocycles. The molecule has 1 saturated heterocycles. The van der Waals surface area contributed by atoms with Crippen LogP contribution in [0.4, 0.5) is 26.4 Å². The first-order valence-electron chi connectivity index (χ1n) is 11.4. The van der Waals surface area contributed by atoms with Gasteiger partial charge in [0.1, 0.15) is 23.1 Å². The molecule has 2 amide bonds. The molecule has 0 aliphatic carbocycles. The van der Waals surface area contributed by atoms with Gasteiger partial charge in [0.05, 0.1) is 17.2 Å². The van der Waals surface area contributed by atoms with Gasteiger partial charge in [-0.1, -0.05) is 6.07 Å². The molecule has 5 rings (SSSR count). The summed E-state index contributed by atoms with van der Waals surface area (Å²) in [5, 5.41) is 9.96. The van der Waals surface area contributed by atoms with Crippen LogP contribution in [0.2, 0.25) is 0 Å². The Bertz CT molecular complexity index is 1430. The van der Waals surface area contributed by atoms with Crippen LogP contribution in [0.5, 0.6) is 11.5 Å². The van der Waals surface area contributed by atoms with Gasteiger partial charge in [-0.3, -0.25) is 4.98 Å². The summed E-state index contributed by atoms with van der Waals surface area (Å²) >= 11 is 0. The van der Waals surface area contributed by atoms with Crippen molar-refractivity contribution in [2.24, 2.45) is 0 Å². The number of anilines is 3. The fourth-order valence-electron chi connectivity index (χ4n) is 3.82. The second kappa shape index (κ2) is 10.7. The fraction of sp³-hybridized carbons (Fsp3) is 0.160. The van der Waals surface area contributed by atoms with Crippen LogP contribution in [0.15, 0.2) is 60.8 Å². The van der Waals surface area contributed by atoms with Gasteiger partial charge in [-0.15, -0.1) is 18.5 Å². The Labute approximate surface area is 212 Å². The molecular weight excluding hydrogens is 497 g/mol. The summed E-state index contributed by atoms with van der Waals surface area (Å²) in [5.41, 5.74) is 2.41. The molecule has 0 bridgehead atoms. The molecule has 1 aliphatic heterocycles. The van der Waals surface area contributed by atoms with E-state index in [4.69, 9.17) is 9.72 Å². The number of nitrogens with one attached hydrogen (secondary N) is 3. The number of amides is 2. The largest absolute Gasteiger partial charge is 0.457 e. The third kappa shape index (κ3) is 5.71. The lowest BCUT2D eigenvalue weighted by Crippen LogP contribution is -2.43. The molecule has 0 spiro atoms. The number of fused-ring (bicyclic) bond motifs is 1. The summed E-state index contributed by atoms with van der Waals surface area (Å²) in [6.07, 6.45) is 1.80. The van der Waals surface area contributed by atoms with E-state index >= 15 is 0 Å². The average molecular weight is 522 g/mol. The Morgan fingerprint density at radius 1 is 0.944 bits per heavy atom. The first-order chi connectivity index (χ1) is 17.4. The van der Waals surface area contributed by atoms with E-state index in [1.54, 1.807) is 30.5 Å². The van der Waals surface area contributed by atoms with Gasteiger partial charge in [-0.05, 0) is 36.4 Å². The van der Waals surface area contributed by atoms with E-state index in [-0.39, 0.29) is 0 Å². The number of urea groups is 1. The van der Waals surface area contributed by atoms with Crippen molar-refractivity contribution in [1.29, 1.82) is 0 Å². The van der Waals surface area contributed by atoms with E-state index in [2.05, 4.69) is 44.3 Å². The lowest BCUT2D eigenvalue weighted by Gasteiger charge is -2.28. The van der Waals surface area contributed by atoms with E-state index in [1.807, 2.05) is 24.3 Å². The minimum absolute atomic E-state index is 0.354. The Balaban J connectivity index is 1.31. The van der Waals surface area contributed by atoms with Crippen LogP contribution in [0, 0.1) is 5.82 Å². The number of nitrogens with zero attached hydrogens (tertiary/aromatic N) is 3. The highest BCUT2D eigenvalue weighted by Crippen LogP contribution is 2.27. The second-order valence-corrected chi connectivity index (χ2v) is 9.53. The highest BCUT2D eigenvalue weighted by molar-refractivity contribution is 7.27. The normalized spacial score (nSPS) is 13.5. The van der Waals surface area contributed by atoms with Crippen LogP contribution in [-0.4, -0.2) is 42.2 Å². The molecule has 184 valence electrons. The monoisotopic (exact) mass is 522 g/mol. The zero-order valence-corrected chi connectivity index (χ0v) is 21.6. The standard InChI is InChI=1S/C25H25FN6O2P2/c26-18-11-15(1-5-22(18)35)29-25(33)30-16-2-6-23(36)21(12-16)34-17-3-4-19-20(13-17)31-24(14-28-19)32-9-7-27-8-10-32/h1-6,11-14,27H,7-10,35-36H2,(H2,29,30,33). The summed E-state index contributed by atoms with van der Waals surface area (Å²) in [6.45, 7) is 3.61. The van der Waals surface area contributed by atoms with E-state index in [1.165, 1.54) is 6.07 Å². The Hall–Kier alpha value is -3.38. The van der Waals surface area contributed by atoms with Gasteiger partial charge in [0, 0.05) is 60.3 Å². The molecule has 11 heteroatoms. The lowest BCUT2D eigenvalue weighted by molar-refractivity contribution is 0.262. The van der Waals surface area contributed by atoms with E-state index in [9.17, 15) is 9.18 Å². The van der Waals surface area contributed by atoms with Crippen molar-refractivity contribution < 1.29 is 13.9 Å². The number of hydrogen-bond donors (Lipinski definition) is 3. The quantitative estimate of drug-likeness (QED) is 0.347. The molecule has 1 aromatic heterocycles. The van der Waals surface area contributed by atoms with Crippen LogP contribution in [-0.2, 0) is 0 Å². The number of rotatable bonds is 5. The molecule has 8 nitrogen and oxygen atoms in total. The number of carbonyl (C=O) groups excluding carboxylic acids is 1. The van der Waals surface area contributed by atoms with Crippen LogP contribution in [0.25, 0.3) is 11.0 Å². The maximum Gasteiger partial charge on any atom is 0.323 e. The van der Waals surface area contributed by atoms with Gasteiger partial charge in [0.15, 0.2) is 0 Å². The van der Waals surface area contributed by atoms with E-state index in [0.717, 1.165) is 48.3 Å². The SMILES string of the molecule is O=C(Nc1ccc(P)c(F)c1)Nc1ccc(P)c(Oc2ccc3ncc(N4CCNCC4)nc3c2)c1. The molecular formula is C25H25FN6O2P2. The predicted octanol–water partition coefficient (Wildman–Crippen LogP) is 3.62. The van der Waals surface area contributed by atoms with Crippen molar-refractivity contribution in [3.05, 3.63) is 66.6 Å². The molecule has 2 heterocycles. The number of ether oxygens (including phenoxy) is 1. The van der Waals surface area contributed by atoms with Crippen molar-refractivity contribution in [1.82, 2.24) is 15.3 Å². The van der Waals surface area contributed by atoms with E-state index < -0.39 is 11.8 Å². The van der Waals surface area contributed by atoms with E-state index in [0.29, 0.717) is 28.2 Å². The third-order valence-corrected chi connectivity index (χ3v) is 6.64. The van der Waals surface area contributed by atoms with Crippen LogP contribution in [0.3, 0.4) is 0 Å².